The Hall–Kier alpha value is -0.970. The first-order chi connectivity index (χ1) is 23.4. The number of methoxy groups -OCH3 is 1. The Morgan fingerprint density at radius 3 is 2.02 bits per heavy atom. The molecule has 0 bridgehead atoms. The number of likely N-dealkylation sites (N-methyl/N-ethyl adjacent to an activating group) is 1. The lowest BCUT2D eigenvalue weighted by Crippen LogP contribution is -2.61. The summed E-state index contributed by atoms with van der Waals surface area (Å²) in [6.07, 6.45) is -8.09. The first-order valence-electron chi connectivity index (χ1n) is 19.0. The van der Waals surface area contributed by atoms with Crippen molar-refractivity contribution in [1.29, 1.82) is 0 Å². The molecule has 3 aliphatic rings. The SMILES string of the molecule is CC[C@H]1OC(=O)[C@H](C)C(O[C@H]2C[C@@](C)(OC)[C@@H](O)[C@H](C)O2)[C@H](C)[C@@H](O[C@@H]2O[C@H](C)C[C@H](N(C)C)[C@H]2O)[C@](C)(O)C[C@@H](C)[C@H](C)[C@H](C)[C@@H](O)[C@]1(C)O. The molecule has 19 atom stereocenters. The minimum atomic E-state index is -1.77. The molecule has 13 nitrogen and oxygen atoms in total. The standard InChI is InChI=1S/C38H71NO12/c1-15-27-38(11,45)31(41)22(5)21(4)19(2)17-36(9,44)33(51-35-29(40)26(39(12)13)16-20(3)47-35)23(6)30(24(7)34(43)49-27)50-28-18-37(10,46-14)32(42)25(8)48-28/h19-33,35,40-42,44-45H,15-18H2,1-14H3/t19-,20-,21+,22+,23+,24-,25+,26+,27-,28+,29-,30?,31-,32+,33-,35+,36-,37-,38-/m1/s1. The van der Waals surface area contributed by atoms with Gasteiger partial charge in [0, 0.05) is 25.5 Å². The zero-order valence-corrected chi connectivity index (χ0v) is 33.6. The Morgan fingerprint density at radius 1 is 0.863 bits per heavy atom. The highest BCUT2D eigenvalue weighted by molar-refractivity contribution is 5.73. The van der Waals surface area contributed by atoms with E-state index in [4.69, 9.17) is 28.4 Å². The second-order valence-corrected chi connectivity index (χ2v) is 17.1. The third-order valence-corrected chi connectivity index (χ3v) is 12.7. The van der Waals surface area contributed by atoms with E-state index in [1.807, 2.05) is 53.6 Å². The number of carbonyl (C=O) groups excluding carboxylic acids is 1. The summed E-state index contributed by atoms with van der Waals surface area (Å²) in [7, 11) is 5.28. The largest absolute Gasteiger partial charge is 0.459 e. The quantitative estimate of drug-likeness (QED) is 0.242. The van der Waals surface area contributed by atoms with Gasteiger partial charge in [0.15, 0.2) is 12.6 Å². The van der Waals surface area contributed by atoms with Crippen molar-refractivity contribution in [2.75, 3.05) is 21.2 Å². The fourth-order valence-corrected chi connectivity index (χ4v) is 8.76. The zero-order chi connectivity index (χ0) is 39.0. The first kappa shape index (κ1) is 44.4. The van der Waals surface area contributed by atoms with Gasteiger partial charge in [-0.25, -0.2) is 0 Å². The molecule has 0 aliphatic carbocycles. The van der Waals surface area contributed by atoms with E-state index in [2.05, 4.69) is 0 Å². The molecule has 0 spiro atoms. The van der Waals surface area contributed by atoms with Crippen LogP contribution in [0, 0.1) is 29.6 Å². The molecular formula is C38H71NO12. The maximum absolute atomic E-state index is 14.1. The number of aliphatic hydroxyl groups is 5. The highest BCUT2D eigenvalue weighted by Crippen LogP contribution is 2.42. The summed E-state index contributed by atoms with van der Waals surface area (Å²) >= 11 is 0. The number of carbonyl (C=O) groups is 1. The van der Waals surface area contributed by atoms with Crippen molar-refractivity contribution in [1.82, 2.24) is 4.90 Å². The number of cyclic esters (lactones) is 1. The van der Waals surface area contributed by atoms with Crippen LogP contribution >= 0.6 is 0 Å². The van der Waals surface area contributed by atoms with Crippen LogP contribution in [0.25, 0.3) is 0 Å². The van der Waals surface area contributed by atoms with E-state index in [0.717, 1.165) is 0 Å². The molecule has 0 saturated carbocycles. The number of esters is 1. The second-order valence-electron chi connectivity index (χ2n) is 17.1. The Balaban J connectivity index is 2.18. The molecule has 1 unspecified atom stereocenters. The van der Waals surface area contributed by atoms with Crippen LogP contribution in [0.4, 0.5) is 0 Å². The van der Waals surface area contributed by atoms with Gasteiger partial charge in [0.2, 0.25) is 0 Å². The Bertz CT molecular complexity index is 1120. The first-order valence-corrected chi connectivity index (χ1v) is 19.0. The summed E-state index contributed by atoms with van der Waals surface area (Å²) in [5.41, 5.74) is -4.36. The lowest BCUT2D eigenvalue weighted by atomic mass is 9.70. The van der Waals surface area contributed by atoms with Crippen molar-refractivity contribution in [2.45, 2.75) is 186 Å². The van der Waals surface area contributed by atoms with Crippen LogP contribution in [0.3, 0.4) is 0 Å². The molecular weight excluding hydrogens is 662 g/mol. The van der Waals surface area contributed by atoms with Crippen LogP contribution in [-0.4, -0.2) is 142 Å². The maximum Gasteiger partial charge on any atom is 0.311 e. The van der Waals surface area contributed by atoms with Gasteiger partial charge in [-0.3, -0.25) is 4.79 Å². The molecule has 0 radical (unpaired) electrons. The van der Waals surface area contributed by atoms with Crippen molar-refractivity contribution in [3.05, 3.63) is 0 Å². The molecule has 3 aliphatic heterocycles. The van der Waals surface area contributed by atoms with Crippen LogP contribution in [-0.2, 0) is 33.2 Å². The van der Waals surface area contributed by atoms with Gasteiger partial charge < -0.3 is 58.9 Å². The average Bonchev–Trinajstić information content (AvgIpc) is 3.05. The number of hydrogen-bond donors (Lipinski definition) is 5. The monoisotopic (exact) mass is 733 g/mol. The van der Waals surface area contributed by atoms with Crippen molar-refractivity contribution >= 4 is 5.97 Å². The van der Waals surface area contributed by atoms with Crippen molar-refractivity contribution in [3.63, 3.8) is 0 Å². The van der Waals surface area contributed by atoms with Gasteiger partial charge >= 0.3 is 5.97 Å². The predicted octanol–water partition coefficient (Wildman–Crippen LogP) is 2.85. The van der Waals surface area contributed by atoms with E-state index in [0.29, 0.717) is 6.42 Å². The molecule has 5 N–H and O–H groups in total. The molecule has 3 heterocycles. The van der Waals surface area contributed by atoms with Gasteiger partial charge in [-0.15, -0.1) is 0 Å². The summed E-state index contributed by atoms with van der Waals surface area (Å²) in [5.74, 6) is -3.22. The predicted molar refractivity (Wildman–Crippen MR) is 190 cm³/mol. The topological polar surface area (TPSA) is 177 Å². The van der Waals surface area contributed by atoms with Crippen molar-refractivity contribution < 1.29 is 58.7 Å². The normalized spacial score (nSPS) is 51.2. The highest BCUT2D eigenvalue weighted by atomic mass is 16.7. The lowest BCUT2D eigenvalue weighted by molar-refractivity contribution is -0.318. The van der Waals surface area contributed by atoms with Crippen LogP contribution in [0.15, 0.2) is 0 Å². The van der Waals surface area contributed by atoms with Crippen molar-refractivity contribution in [3.8, 4) is 0 Å². The van der Waals surface area contributed by atoms with E-state index < -0.39 is 95.8 Å². The lowest BCUT2D eigenvalue weighted by Gasteiger charge is -2.49. The number of rotatable bonds is 7. The molecule has 51 heavy (non-hydrogen) atoms. The summed E-state index contributed by atoms with van der Waals surface area (Å²) in [4.78, 5) is 16.1. The molecule has 0 aromatic heterocycles. The fourth-order valence-electron chi connectivity index (χ4n) is 8.76. The molecule has 13 heteroatoms. The molecule has 0 aromatic carbocycles. The third kappa shape index (κ3) is 9.65. The number of ether oxygens (including phenoxy) is 6. The van der Waals surface area contributed by atoms with Gasteiger partial charge in [0.25, 0.3) is 0 Å². The molecule has 3 saturated heterocycles. The molecule has 0 amide bonds. The highest BCUT2D eigenvalue weighted by Gasteiger charge is 2.53. The van der Waals surface area contributed by atoms with E-state index >= 15 is 0 Å². The summed E-state index contributed by atoms with van der Waals surface area (Å²) in [5, 5.41) is 58.2. The smallest absolute Gasteiger partial charge is 0.311 e. The number of aliphatic hydroxyl groups excluding tert-OH is 3. The van der Waals surface area contributed by atoms with E-state index in [9.17, 15) is 30.3 Å². The number of nitrogens with zero attached hydrogens (tertiary/aromatic N) is 1. The van der Waals surface area contributed by atoms with Crippen molar-refractivity contribution in [2.24, 2.45) is 29.6 Å². The number of hydrogen-bond acceptors (Lipinski definition) is 13. The zero-order valence-electron chi connectivity index (χ0n) is 33.6. The molecule has 300 valence electrons. The second kappa shape index (κ2) is 17.2. The summed E-state index contributed by atoms with van der Waals surface area (Å²) in [6, 6.07) is -0.270. The van der Waals surface area contributed by atoms with Gasteiger partial charge in [-0.05, 0) is 92.7 Å². The van der Waals surface area contributed by atoms with Crippen LogP contribution < -0.4 is 0 Å². The van der Waals surface area contributed by atoms with E-state index in [1.165, 1.54) is 14.0 Å². The van der Waals surface area contributed by atoms with Gasteiger partial charge in [0.05, 0.1) is 47.6 Å². The molecule has 3 rings (SSSR count). The van der Waals surface area contributed by atoms with Crippen LogP contribution in [0.5, 0.6) is 0 Å². The van der Waals surface area contributed by atoms with Gasteiger partial charge in [-0.2, -0.15) is 0 Å². The fraction of sp³-hybridized carbons (Fsp3) is 0.974. The van der Waals surface area contributed by atoms with Gasteiger partial charge in [-0.1, -0.05) is 34.6 Å². The third-order valence-electron chi connectivity index (χ3n) is 12.7. The van der Waals surface area contributed by atoms with Crippen LogP contribution in [0.1, 0.15) is 102 Å². The minimum absolute atomic E-state index is 0.138. The maximum atomic E-state index is 14.1. The Morgan fingerprint density at radius 2 is 1.47 bits per heavy atom. The Labute approximate surface area is 306 Å². The Kier molecular flexibility index (Phi) is 15.0. The van der Waals surface area contributed by atoms with Crippen LogP contribution in [0.2, 0.25) is 0 Å². The average molecular weight is 734 g/mol. The minimum Gasteiger partial charge on any atom is -0.459 e. The molecule has 3 fully saturated rings. The van der Waals surface area contributed by atoms with E-state index in [1.54, 1.807) is 34.6 Å². The van der Waals surface area contributed by atoms with Gasteiger partial charge in [0.1, 0.15) is 23.9 Å². The summed E-state index contributed by atoms with van der Waals surface area (Å²) < 4.78 is 37.5. The van der Waals surface area contributed by atoms with E-state index in [-0.39, 0.29) is 43.2 Å². The summed E-state index contributed by atoms with van der Waals surface area (Å²) in [6.45, 7) is 19.6. The molecule has 0 aromatic rings.